The number of anilines is 1. The maximum Gasteiger partial charge on any atom is 0.244 e. The highest BCUT2D eigenvalue weighted by Crippen LogP contribution is 2.22. The maximum atomic E-state index is 5.95. The Morgan fingerprint density at radius 1 is 1.53 bits per heavy atom. The lowest BCUT2D eigenvalue weighted by atomic mass is 10.1. The maximum absolute atomic E-state index is 5.95. The number of H-pyrrole nitrogens is 1. The van der Waals surface area contributed by atoms with Crippen molar-refractivity contribution in [2.45, 2.75) is 38.3 Å². The molecule has 1 aromatic heterocycles. The van der Waals surface area contributed by atoms with Gasteiger partial charge in [0.2, 0.25) is 5.95 Å². The van der Waals surface area contributed by atoms with Crippen LogP contribution >= 0.6 is 0 Å². The second-order valence-corrected chi connectivity index (χ2v) is 5.05. The van der Waals surface area contributed by atoms with E-state index in [1.807, 2.05) is 13.8 Å². The van der Waals surface area contributed by atoms with E-state index in [0.717, 1.165) is 37.7 Å². The molecule has 0 bridgehead atoms. The molecule has 96 valence electrons. The van der Waals surface area contributed by atoms with Crippen molar-refractivity contribution < 1.29 is 4.74 Å². The number of ether oxygens (including phenoxy) is 1. The minimum absolute atomic E-state index is 0.223. The molecule has 0 saturated carbocycles. The first-order chi connectivity index (χ1) is 8.03. The van der Waals surface area contributed by atoms with Gasteiger partial charge < -0.3 is 15.4 Å². The number of aromatic amines is 1. The predicted octanol–water partition coefficient (Wildman–Crippen LogP) is 0.614. The summed E-state index contributed by atoms with van der Waals surface area (Å²) in [6, 6.07) is 0.223. The Balaban J connectivity index is 2.12. The second kappa shape index (κ2) is 4.62. The molecule has 2 heterocycles. The summed E-state index contributed by atoms with van der Waals surface area (Å²) in [6.07, 6.45) is 2.18. The number of rotatable bonds is 3. The molecule has 0 aliphatic carbocycles. The predicted molar refractivity (Wildman–Crippen MR) is 65.8 cm³/mol. The summed E-state index contributed by atoms with van der Waals surface area (Å²) in [5.41, 5.74) is 5.51. The summed E-state index contributed by atoms with van der Waals surface area (Å²) >= 11 is 0. The van der Waals surface area contributed by atoms with Gasteiger partial charge in [-0.05, 0) is 26.7 Å². The molecule has 0 spiro atoms. The summed E-state index contributed by atoms with van der Waals surface area (Å²) in [7, 11) is 1.67. The molecular formula is C11H21N5O. The van der Waals surface area contributed by atoms with E-state index in [0.29, 0.717) is 0 Å². The minimum atomic E-state index is -0.441. The fraction of sp³-hybridized carbons (Fsp3) is 0.818. The largest absolute Gasteiger partial charge is 0.371 e. The van der Waals surface area contributed by atoms with Crippen molar-refractivity contribution in [1.82, 2.24) is 15.2 Å². The zero-order valence-electron chi connectivity index (χ0n) is 10.7. The molecule has 1 saturated heterocycles. The van der Waals surface area contributed by atoms with Crippen molar-refractivity contribution in [3.63, 3.8) is 0 Å². The molecule has 0 aromatic carbocycles. The van der Waals surface area contributed by atoms with Gasteiger partial charge in [0.1, 0.15) is 5.60 Å². The molecule has 0 radical (unpaired) electrons. The van der Waals surface area contributed by atoms with E-state index in [1.165, 1.54) is 0 Å². The van der Waals surface area contributed by atoms with E-state index in [1.54, 1.807) is 7.11 Å². The smallest absolute Gasteiger partial charge is 0.244 e. The Morgan fingerprint density at radius 2 is 2.29 bits per heavy atom. The fourth-order valence-electron chi connectivity index (χ4n) is 1.95. The van der Waals surface area contributed by atoms with Crippen LogP contribution in [0.3, 0.4) is 0 Å². The van der Waals surface area contributed by atoms with Gasteiger partial charge in [0, 0.05) is 26.2 Å². The van der Waals surface area contributed by atoms with E-state index < -0.39 is 5.60 Å². The number of hydrogen-bond donors (Lipinski definition) is 2. The zero-order valence-corrected chi connectivity index (χ0v) is 10.7. The van der Waals surface area contributed by atoms with Crippen LogP contribution in [0.1, 0.15) is 32.5 Å². The van der Waals surface area contributed by atoms with Crippen LogP contribution in [0.4, 0.5) is 5.95 Å². The average molecular weight is 239 g/mol. The molecule has 1 aliphatic heterocycles. The third kappa shape index (κ3) is 2.58. The van der Waals surface area contributed by atoms with E-state index >= 15 is 0 Å². The second-order valence-electron chi connectivity index (χ2n) is 5.05. The van der Waals surface area contributed by atoms with Gasteiger partial charge in [-0.25, -0.2) is 0 Å². The number of methoxy groups -OCH3 is 1. The Hall–Kier alpha value is -1.14. The first kappa shape index (κ1) is 12.3. The lowest BCUT2D eigenvalue weighted by Crippen LogP contribution is -2.43. The van der Waals surface area contributed by atoms with Crippen LogP contribution in [0.15, 0.2) is 0 Å². The van der Waals surface area contributed by atoms with Crippen LogP contribution in [-0.4, -0.2) is 41.4 Å². The van der Waals surface area contributed by atoms with Crippen molar-refractivity contribution in [3.8, 4) is 0 Å². The van der Waals surface area contributed by atoms with Gasteiger partial charge in [-0.1, -0.05) is 0 Å². The van der Waals surface area contributed by atoms with Crippen LogP contribution in [0, 0.1) is 0 Å². The van der Waals surface area contributed by atoms with Crippen LogP contribution in [0.5, 0.6) is 0 Å². The summed E-state index contributed by atoms with van der Waals surface area (Å²) in [6.45, 7) is 5.71. The molecule has 17 heavy (non-hydrogen) atoms. The molecule has 6 nitrogen and oxygen atoms in total. The highest BCUT2D eigenvalue weighted by atomic mass is 16.5. The van der Waals surface area contributed by atoms with Gasteiger partial charge in [0.15, 0.2) is 5.82 Å². The van der Waals surface area contributed by atoms with Gasteiger partial charge >= 0.3 is 0 Å². The Kier molecular flexibility index (Phi) is 3.35. The van der Waals surface area contributed by atoms with Crippen LogP contribution < -0.4 is 10.6 Å². The third-order valence-electron chi connectivity index (χ3n) is 3.29. The summed E-state index contributed by atoms with van der Waals surface area (Å²) in [5.74, 6) is 1.47. The minimum Gasteiger partial charge on any atom is -0.371 e. The monoisotopic (exact) mass is 239 g/mol. The molecule has 1 aliphatic rings. The lowest BCUT2D eigenvalue weighted by molar-refractivity contribution is 0.0118. The van der Waals surface area contributed by atoms with Crippen LogP contribution in [0.2, 0.25) is 0 Å². The first-order valence-electron chi connectivity index (χ1n) is 6.01. The molecule has 1 atom stereocenters. The van der Waals surface area contributed by atoms with Crippen molar-refractivity contribution in [2.24, 2.45) is 5.73 Å². The van der Waals surface area contributed by atoms with Gasteiger partial charge in [0.25, 0.3) is 0 Å². The Bertz CT molecular complexity index is 376. The zero-order chi connectivity index (χ0) is 12.5. The first-order valence-corrected chi connectivity index (χ1v) is 6.01. The Labute approximate surface area is 102 Å². The van der Waals surface area contributed by atoms with E-state index in [-0.39, 0.29) is 6.04 Å². The standard InChI is InChI=1S/C11H21N5O/c1-11(2,17-3)9-13-10(15-14-9)16-6-4-5-8(12)7-16/h8H,4-7,12H2,1-3H3,(H,13,14,15). The summed E-state index contributed by atoms with van der Waals surface area (Å²) < 4.78 is 5.37. The number of nitrogens with one attached hydrogen (secondary N) is 1. The third-order valence-corrected chi connectivity index (χ3v) is 3.29. The molecule has 1 fully saturated rings. The van der Waals surface area contributed by atoms with Gasteiger partial charge in [0.05, 0.1) is 0 Å². The Morgan fingerprint density at radius 3 is 2.94 bits per heavy atom. The number of nitrogens with zero attached hydrogens (tertiary/aromatic N) is 3. The number of aromatic nitrogens is 3. The van der Waals surface area contributed by atoms with Crippen molar-refractivity contribution >= 4 is 5.95 Å². The highest BCUT2D eigenvalue weighted by molar-refractivity contribution is 5.30. The van der Waals surface area contributed by atoms with Crippen LogP contribution in [-0.2, 0) is 10.3 Å². The van der Waals surface area contributed by atoms with Crippen molar-refractivity contribution in [2.75, 3.05) is 25.1 Å². The average Bonchev–Trinajstić information content (AvgIpc) is 2.79. The van der Waals surface area contributed by atoms with E-state index in [4.69, 9.17) is 10.5 Å². The molecule has 0 amide bonds. The number of hydrogen-bond acceptors (Lipinski definition) is 5. The van der Waals surface area contributed by atoms with Crippen molar-refractivity contribution in [3.05, 3.63) is 5.82 Å². The topological polar surface area (TPSA) is 80.1 Å². The highest BCUT2D eigenvalue weighted by Gasteiger charge is 2.26. The van der Waals surface area contributed by atoms with Gasteiger partial charge in [-0.15, -0.1) is 5.10 Å². The van der Waals surface area contributed by atoms with Gasteiger partial charge in [-0.3, -0.25) is 5.10 Å². The molecule has 3 N–H and O–H groups in total. The van der Waals surface area contributed by atoms with Gasteiger partial charge in [-0.2, -0.15) is 4.98 Å². The van der Waals surface area contributed by atoms with E-state index in [2.05, 4.69) is 20.1 Å². The summed E-state index contributed by atoms with van der Waals surface area (Å²) in [4.78, 5) is 6.61. The van der Waals surface area contributed by atoms with E-state index in [9.17, 15) is 0 Å². The number of piperidine rings is 1. The summed E-state index contributed by atoms with van der Waals surface area (Å²) in [5, 5.41) is 7.18. The fourth-order valence-corrected chi connectivity index (χ4v) is 1.95. The SMILES string of the molecule is COC(C)(C)c1nc(N2CCCC(N)C2)n[nH]1. The lowest BCUT2D eigenvalue weighted by Gasteiger charge is -2.29. The molecule has 1 aromatic rings. The molecule has 1 unspecified atom stereocenters. The molecular weight excluding hydrogens is 218 g/mol. The molecule has 2 rings (SSSR count). The normalized spacial score (nSPS) is 21.9. The van der Waals surface area contributed by atoms with Crippen LogP contribution in [0.25, 0.3) is 0 Å². The van der Waals surface area contributed by atoms with Crippen molar-refractivity contribution in [1.29, 1.82) is 0 Å². The molecule has 6 heteroatoms. The quantitative estimate of drug-likeness (QED) is 0.808. The number of nitrogens with two attached hydrogens (primary N) is 1.